The van der Waals surface area contributed by atoms with Gasteiger partial charge in [-0.05, 0) is 37.1 Å². The molecule has 0 atom stereocenters. The molecule has 0 spiro atoms. The molecule has 0 aliphatic rings. The first-order chi connectivity index (χ1) is 15.0. The molecule has 0 radical (unpaired) electrons. The number of nitrogens with zero attached hydrogens (tertiary/aromatic N) is 3. The highest BCUT2D eigenvalue weighted by atomic mass is 35.5. The van der Waals surface area contributed by atoms with E-state index < -0.39 is 0 Å². The van der Waals surface area contributed by atoms with Gasteiger partial charge in [0, 0.05) is 17.3 Å². The Labute approximate surface area is 196 Å². The summed E-state index contributed by atoms with van der Waals surface area (Å²) < 4.78 is 1.85. The molecule has 0 aliphatic carbocycles. The first kappa shape index (κ1) is 23.4. The summed E-state index contributed by atoms with van der Waals surface area (Å²) in [5.74, 6) is 1.30. The van der Waals surface area contributed by atoms with Gasteiger partial charge in [0.2, 0.25) is 0 Å². The number of halogens is 2. The summed E-state index contributed by atoms with van der Waals surface area (Å²) in [7, 11) is 0. The predicted octanol–water partition coefficient (Wildman–Crippen LogP) is 5.77. The molecule has 2 aromatic carbocycles. The van der Waals surface area contributed by atoms with E-state index in [-0.39, 0.29) is 12.6 Å². The zero-order valence-electron chi connectivity index (χ0n) is 17.5. The number of unbranched alkanes of at least 4 members (excludes halogenated alkanes) is 1. The van der Waals surface area contributed by atoms with Gasteiger partial charge in [-0.15, -0.1) is 10.2 Å². The summed E-state index contributed by atoms with van der Waals surface area (Å²) in [6.45, 7) is 4.98. The largest absolute Gasteiger partial charge is 0.338 e. The van der Waals surface area contributed by atoms with E-state index in [0.717, 1.165) is 18.6 Å². The van der Waals surface area contributed by atoms with Crippen LogP contribution >= 0.6 is 35.0 Å². The number of hydrogen-bond acceptors (Lipinski definition) is 4. The van der Waals surface area contributed by atoms with E-state index in [0.29, 0.717) is 33.3 Å². The second-order valence-electron chi connectivity index (χ2n) is 7.07. The lowest BCUT2D eigenvalue weighted by atomic mass is 10.2. The Morgan fingerprint density at radius 1 is 1.13 bits per heavy atom. The first-order valence-electron chi connectivity index (χ1n) is 10.1. The third-order valence-corrected chi connectivity index (χ3v) is 6.08. The number of carbonyl (C=O) groups excluding carboxylic acids is 1. The molecule has 0 aliphatic heterocycles. The van der Waals surface area contributed by atoms with E-state index >= 15 is 0 Å². The van der Waals surface area contributed by atoms with Crippen LogP contribution in [0.5, 0.6) is 0 Å². The second-order valence-corrected chi connectivity index (χ2v) is 8.86. The molecule has 0 saturated heterocycles. The van der Waals surface area contributed by atoms with Crippen LogP contribution in [0.4, 0.5) is 4.79 Å². The Balaban J connectivity index is 1.83. The number of aromatic nitrogens is 3. The van der Waals surface area contributed by atoms with Crippen LogP contribution in [-0.4, -0.2) is 27.3 Å². The smallest absolute Gasteiger partial charge is 0.315 e. The molecule has 0 fully saturated rings. The maximum Gasteiger partial charge on any atom is 0.315 e. The summed E-state index contributed by atoms with van der Waals surface area (Å²) in [6.07, 6.45) is 1.95. The number of rotatable bonds is 9. The topological polar surface area (TPSA) is 71.8 Å². The molecule has 31 heavy (non-hydrogen) atoms. The molecule has 2 amide bonds. The molecule has 0 bridgehead atoms. The van der Waals surface area contributed by atoms with E-state index in [1.54, 1.807) is 30.0 Å². The molecule has 9 heteroatoms. The Kier molecular flexibility index (Phi) is 8.63. The molecule has 0 saturated carbocycles. The standard InChI is InChI=1S/C22H25Cl2N5OS/c1-3-4-10-25-21(30)26-13-20-27-28-22(31-14-16-7-5-6-15(2)11-16)29(20)19-12-17(23)8-9-18(19)24/h5-9,11-12H,3-4,10,13-14H2,1-2H3,(H2,25,26,30). The average Bonchev–Trinajstić information content (AvgIpc) is 3.15. The lowest BCUT2D eigenvalue weighted by molar-refractivity contribution is 0.240. The number of carbonyl (C=O) groups is 1. The van der Waals surface area contributed by atoms with Crippen molar-refractivity contribution >= 4 is 41.0 Å². The zero-order valence-corrected chi connectivity index (χ0v) is 19.8. The van der Waals surface area contributed by atoms with Crippen molar-refractivity contribution in [2.75, 3.05) is 6.54 Å². The minimum absolute atomic E-state index is 0.207. The van der Waals surface area contributed by atoms with Crippen LogP contribution in [0.1, 0.15) is 36.7 Å². The number of thioether (sulfide) groups is 1. The normalized spacial score (nSPS) is 10.8. The SMILES string of the molecule is CCCCNC(=O)NCc1nnc(SCc2cccc(C)c2)n1-c1cc(Cl)ccc1Cl. The predicted molar refractivity (Wildman–Crippen MR) is 127 cm³/mol. The number of nitrogens with one attached hydrogen (secondary N) is 2. The second kappa shape index (κ2) is 11.4. The Morgan fingerprint density at radius 2 is 1.97 bits per heavy atom. The van der Waals surface area contributed by atoms with Gasteiger partial charge in [0.15, 0.2) is 11.0 Å². The Bertz CT molecular complexity index is 1040. The van der Waals surface area contributed by atoms with E-state index in [1.165, 1.54) is 11.1 Å². The van der Waals surface area contributed by atoms with Gasteiger partial charge >= 0.3 is 6.03 Å². The summed E-state index contributed by atoms with van der Waals surface area (Å²) in [5, 5.41) is 16.1. The van der Waals surface area contributed by atoms with E-state index in [2.05, 4.69) is 52.9 Å². The van der Waals surface area contributed by atoms with Crippen LogP contribution in [0.3, 0.4) is 0 Å². The summed E-state index contributed by atoms with van der Waals surface area (Å²) >= 11 is 14.3. The van der Waals surface area contributed by atoms with Crippen molar-refractivity contribution in [3.8, 4) is 5.69 Å². The summed E-state index contributed by atoms with van der Waals surface area (Å²) in [6, 6.07) is 13.3. The Hall–Kier alpha value is -2.22. The van der Waals surface area contributed by atoms with Crippen molar-refractivity contribution < 1.29 is 4.79 Å². The fourth-order valence-electron chi connectivity index (χ4n) is 2.96. The minimum Gasteiger partial charge on any atom is -0.338 e. The van der Waals surface area contributed by atoms with Gasteiger partial charge in [-0.25, -0.2) is 4.79 Å². The summed E-state index contributed by atoms with van der Waals surface area (Å²) in [4.78, 5) is 12.1. The van der Waals surface area contributed by atoms with Gasteiger partial charge < -0.3 is 10.6 Å². The molecule has 3 aromatic rings. The van der Waals surface area contributed by atoms with Gasteiger partial charge in [-0.3, -0.25) is 4.57 Å². The van der Waals surface area contributed by atoms with Gasteiger partial charge in [0.05, 0.1) is 17.3 Å². The van der Waals surface area contributed by atoms with Crippen molar-refractivity contribution in [1.82, 2.24) is 25.4 Å². The van der Waals surface area contributed by atoms with Crippen molar-refractivity contribution in [1.29, 1.82) is 0 Å². The lowest BCUT2D eigenvalue weighted by Gasteiger charge is -2.13. The quantitative estimate of drug-likeness (QED) is 0.302. The highest BCUT2D eigenvalue weighted by Crippen LogP contribution is 2.31. The van der Waals surface area contributed by atoms with Gasteiger partial charge in [0.1, 0.15) is 0 Å². The molecular weight excluding hydrogens is 453 g/mol. The fraction of sp³-hybridized carbons (Fsp3) is 0.318. The number of urea groups is 1. The highest BCUT2D eigenvalue weighted by Gasteiger charge is 2.18. The molecule has 2 N–H and O–H groups in total. The number of hydrogen-bond donors (Lipinski definition) is 2. The number of amides is 2. The molecule has 164 valence electrons. The van der Waals surface area contributed by atoms with Crippen molar-refractivity contribution in [2.24, 2.45) is 0 Å². The monoisotopic (exact) mass is 477 g/mol. The third-order valence-electron chi connectivity index (χ3n) is 4.52. The average molecular weight is 478 g/mol. The highest BCUT2D eigenvalue weighted by molar-refractivity contribution is 7.98. The Morgan fingerprint density at radius 3 is 2.74 bits per heavy atom. The van der Waals surface area contributed by atoms with Crippen molar-refractivity contribution in [3.05, 3.63) is 69.5 Å². The molecule has 1 heterocycles. The third kappa shape index (κ3) is 6.63. The van der Waals surface area contributed by atoms with E-state index in [9.17, 15) is 4.79 Å². The number of benzene rings is 2. The maximum absolute atomic E-state index is 12.1. The maximum atomic E-state index is 12.1. The van der Waals surface area contributed by atoms with E-state index in [4.69, 9.17) is 23.2 Å². The minimum atomic E-state index is -0.242. The fourth-order valence-corrected chi connectivity index (χ4v) is 4.23. The molecule has 0 unspecified atom stereocenters. The van der Waals surface area contributed by atoms with Crippen molar-refractivity contribution in [3.63, 3.8) is 0 Å². The van der Waals surface area contributed by atoms with E-state index in [1.807, 2.05) is 10.6 Å². The van der Waals surface area contributed by atoms with Crippen LogP contribution in [0.25, 0.3) is 5.69 Å². The van der Waals surface area contributed by atoms with Crippen LogP contribution in [0.15, 0.2) is 47.6 Å². The zero-order chi connectivity index (χ0) is 22.2. The van der Waals surface area contributed by atoms with Gasteiger partial charge in [-0.1, -0.05) is 78.1 Å². The molecular formula is C22H25Cl2N5OS. The van der Waals surface area contributed by atoms with Gasteiger partial charge in [-0.2, -0.15) is 0 Å². The summed E-state index contributed by atoms with van der Waals surface area (Å²) in [5.41, 5.74) is 3.07. The van der Waals surface area contributed by atoms with Crippen LogP contribution in [-0.2, 0) is 12.3 Å². The van der Waals surface area contributed by atoms with Crippen LogP contribution in [0, 0.1) is 6.92 Å². The van der Waals surface area contributed by atoms with Crippen LogP contribution in [0.2, 0.25) is 10.0 Å². The van der Waals surface area contributed by atoms with Gasteiger partial charge in [0.25, 0.3) is 0 Å². The number of aryl methyl sites for hydroxylation is 1. The molecule has 1 aromatic heterocycles. The molecule has 3 rings (SSSR count). The van der Waals surface area contributed by atoms with Crippen LogP contribution < -0.4 is 10.6 Å². The first-order valence-corrected chi connectivity index (χ1v) is 11.8. The molecule has 6 nitrogen and oxygen atoms in total. The van der Waals surface area contributed by atoms with Crippen molar-refractivity contribution in [2.45, 2.75) is 44.1 Å². The lowest BCUT2D eigenvalue weighted by Crippen LogP contribution is -2.36.